The number of nitrogens with one attached hydrogen (secondary N) is 1. The number of hydrogen-bond acceptors (Lipinski definition) is 4. The van der Waals surface area contributed by atoms with Gasteiger partial charge in [-0.15, -0.1) is 0 Å². The Balaban J connectivity index is 1.98. The fourth-order valence-electron chi connectivity index (χ4n) is 2.01. The molecule has 0 saturated carbocycles. The third-order valence-corrected chi connectivity index (χ3v) is 4.22. The van der Waals surface area contributed by atoms with Crippen LogP contribution in [0, 0.1) is 0 Å². The van der Waals surface area contributed by atoms with Gasteiger partial charge in [-0.25, -0.2) is 8.42 Å². The Hall–Kier alpha value is -2.34. The lowest BCUT2D eigenvalue weighted by Crippen LogP contribution is -2.32. The predicted molar refractivity (Wildman–Crippen MR) is 83.9 cm³/mol. The average molecular weight is 319 g/mol. The fraction of sp³-hybridized carbons (Fsp3) is 0.188. The molecular weight excluding hydrogens is 302 g/mol. The molecule has 5 nitrogen and oxygen atoms in total. The molecule has 2 aromatic carbocycles. The summed E-state index contributed by atoms with van der Waals surface area (Å²) in [5, 5.41) is 0. The van der Waals surface area contributed by atoms with Gasteiger partial charge in [0.15, 0.2) is 0 Å². The monoisotopic (exact) mass is 319 g/mol. The van der Waals surface area contributed by atoms with Crippen LogP contribution in [0.25, 0.3) is 0 Å². The van der Waals surface area contributed by atoms with Gasteiger partial charge < -0.3 is 4.74 Å². The van der Waals surface area contributed by atoms with E-state index in [9.17, 15) is 13.2 Å². The third kappa shape index (κ3) is 4.89. The van der Waals surface area contributed by atoms with Crippen LogP contribution in [0.5, 0.6) is 5.75 Å². The van der Waals surface area contributed by atoms with Crippen LogP contribution in [0.3, 0.4) is 0 Å². The van der Waals surface area contributed by atoms with Crippen LogP contribution in [-0.2, 0) is 27.0 Å². The van der Waals surface area contributed by atoms with Gasteiger partial charge in [-0.1, -0.05) is 42.5 Å². The number of carbonyl (C=O) groups excluding carboxylic acids is 1. The van der Waals surface area contributed by atoms with E-state index in [1.54, 1.807) is 54.6 Å². The number of benzene rings is 2. The lowest BCUT2D eigenvalue weighted by molar-refractivity contribution is -0.118. The summed E-state index contributed by atoms with van der Waals surface area (Å²) in [6, 6.07) is 15.7. The van der Waals surface area contributed by atoms with E-state index in [0.29, 0.717) is 16.9 Å². The van der Waals surface area contributed by atoms with Crippen molar-refractivity contribution in [2.45, 2.75) is 12.2 Å². The molecule has 0 unspecified atom stereocenters. The van der Waals surface area contributed by atoms with Gasteiger partial charge in [-0.2, -0.15) is 0 Å². The number of methoxy groups -OCH3 is 1. The Bertz CT molecular complexity index is 742. The molecule has 6 heteroatoms. The smallest absolute Gasteiger partial charge is 0.239 e. The summed E-state index contributed by atoms with van der Waals surface area (Å²) in [6.07, 6.45) is -0.0226. The van der Waals surface area contributed by atoms with Crippen molar-refractivity contribution in [1.29, 1.82) is 0 Å². The highest BCUT2D eigenvalue weighted by atomic mass is 32.2. The van der Waals surface area contributed by atoms with Crippen LogP contribution in [0.15, 0.2) is 54.6 Å². The highest BCUT2D eigenvalue weighted by molar-refractivity contribution is 7.89. The van der Waals surface area contributed by atoms with Crippen LogP contribution in [0.4, 0.5) is 0 Å². The zero-order chi connectivity index (χ0) is 16.0. The van der Waals surface area contributed by atoms with Crippen molar-refractivity contribution in [2.75, 3.05) is 7.11 Å². The molecule has 0 saturated heterocycles. The molecule has 22 heavy (non-hydrogen) atoms. The van der Waals surface area contributed by atoms with Crippen LogP contribution in [-0.4, -0.2) is 21.4 Å². The van der Waals surface area contributed by atoms with Crippen molar-refractivity contribution in [3.63, 3.8) is 0 Å². The minimum atomic E-state index is -3.70. The molecule has 0 bridgehead atoms. The van der Waals surface area contributed by atoms with Crippen molar-refractivity contribution in [1.82, 2.24) is 4.72 Å². The Morgan fingerprint density at radius 3 is 2.41 bits per heavy atom. The minimum absolute atomic E-state index is 0.0226. The summed E-state index contributed by atoms with van der Waals surface area (Å²) in [5.41, 5.74) is 1.32. The first-order valence-corrected chi connectivity index (χ1v) is 8.34. The van der Waals surface area contributed by atoms with E-state index in [-0.39, 0.29) is 12.2 Å². The first-order chi connectivity index (χ1) is 10.5. The summed E-state index contributed by atoms with van der Waals surface area (Å²) in [5.74, 6) is -0.167. The standard InChI is InChI=1S/C16H17NO4S/c1-21-15-9-5-8-14(10-15)11-16(18)17-22(19,20)12-13-6-3-2-4-7-13/h2-10H,11-12H2,1H3,(H,17,18). The second-order valence-corrected chi connectivity index (χ2v) is 6.52. The molecule has 1 amide bonds. The lowest BCUT2D eigenvalue weighted by atomic mass is 10.1. The topological polar surface area (TPSA) is 72.5 Å². The Morgan fingerprint density at radius 1 is 1.05 bits per heavy atom. The molecule has 0 aliphatic carbocycles. The molecule has 0 fully saturated rings. The zero-order valence-electron chi connectivity index (χ0n) is 12.2. The second-order valence-electron chi connectivity index (χ2n) is 4.80. The maximum absolute atomic E-state index is 12.0. The van der Waals surface area contributed by atoms with Gasteiger partial charge in [-0.3, -0.25) is 9.52 Å². The molecule has 0 aromatic heterocycles. The van der Waals surface area contributed by atoms with Crippen LogP contribution < -0.4 is 9.46 Å². The molecular formula is C16H17NO4S. The molecule has 2 rings (SSSR count). The zero-order valence-corrected chi connectivity index (χ0v) is 13.0. The molecule has 0 aliphatic rings. The Labute approximate surface area is 130 Å². The van der Waals surface area contributed by atoms with Crippen molar-refractivity contribution < 1.29 is 17.9 Å². The number of rotatable bonds is 6. The van der Waals surface area contributed by atoms with Gasteiger partial charge in [0.1, 0.15) is 5.75 Å². The van der Waals surface area contributed by atoms with Gasteiger partial charge >= 0.3 is 0 Å². The maximum atomic E-state index is 12.0. The minimum Gasteiger partial charge on any atom is -0.497 e. The summed E-state index contributed by atoms with van der Waals surface area (Å²) in [4.78, 5) is 11.9. The molecule has 0 heterocycles. The maximum Gasteiger partial charge on any atom is 0.239 e. The third-order valence-electron chi connectivity index (χ3n) is 2.97. The van der Waals surface area contributed by atoms with E-state index in [2.05, 4.69) is 4.72 Å². The van der Waals surface area contributed by atoms with Gasteiger partial charge in [0.2, 0.25) is 15.9 Å². The number of carbonyl (C=O) groups is 1. The normalized spacial score (nSPS) is 11.0. The van der Waals surface area contributed by atoms with Crippen LogP contribution >= 0.6 is 0 Å². The summed E-state index contributed by atoms with van der Waals surface area (Å²) >= 11 is 0. The quantitative estimate of drug-likeness (QED) is 0.882. The lowest BCUT2D eigenvalue weighted by Gasteiger charge is -2.08. The summed E-state index contributed by atoms with van der Waals surface area (Å²) in [6.45, 7) is 0. The summed E-state index contributed by atoms with van der Waals surface area (Å²) < 4.78 is 31.1. The first-order valence-electron chi connectivity index (χ1n) is 6.69. The molecule has 1 N–H and O–H groups in total. The van der Waals surface area contributed by atoms with E-state index in [1.807, 2.05) is 0 Å². The number of sulfonamides is 1. The highest BCUT2D eigenvalue weighted by Gasteiger charge is 2.15. The van der Waals surface area contributed by atoms with E-state index in [0.717, 1.165) is 0 Å². The average Bonchev–Trinajstić information content (AvgIpc) is 2.47. The van der Waals surface area contributed by atoms with Gasteiger partial charge in [-0.05, 0) is 23.3 Å². The molecule has 0 spiro atoms. The second kappa shape index (κ2) is 7.09. The van der Waals surface area contributed by atoms with Gasteiger partial charge in [0.05, 0.1) is 19.3 Å². The number of amides is 1. The Morgan fingerprint density at radius 2 is 1.73 bits per heavy atom. The molecule has 0 aliphatic heterocycles. The molecule has 0 radical (unpaired) electrons. The van der Waals surface area contributed by atoms with Gasteiger partial charge in [0.25, 0.3) is 0 Å². The number of ether oxygens (including phenoxy) is 1. The predicted octanol–water partition coefficient (Wildman–Crippen LogP) is 1.88. The van der Waals surface area contributed by atoms with Gasteiger partial charge in [0, 0.05) is 0 Å². The van der Waals surface area contributed by atoms with E-state index in [1.165, 1.54) is 7.11 Å². The molecule has 2 aromatic rings. The first kappa shape index (κ1) is 16.0. The molecule has 116 valence electrons. The van der Waals surface area contributed by atoms with E-state index in [4.69, 9.17) is 4.74 Å². The van der Waals surface area contributed by atoms with Crippen molar-refractivity contribution in [2.24, 2.45) is 0 Å². The summed E-state index contributed by atoms with van der Waals surface area (Å²) in [7, 11) is -2.17. The van der Waals surface area contributed by atoms with Crippen molar-refractivity contribution in [3.05, 3.63) is 65.7 Å². The Kier molecular flexibility index (Phi) is 5.16. The van der Waals surface area contributed by atoms with Crippen LogP contribution in [0.2, 0.25) is 0 Å². The fourth-order valence-corrected chi connectivity index (χ4v) is 3.13. The largest absolute Gasteiger partial charge is 0.497 e. The van der Waals surface area contributed by atoms with Crippen molar-refractivity contribution in [3.8, 4) is 5.75 Å². The SMILES string of the molecule is COc1cccc(CC(=O)NS(=O)(=O)Cc2ccccc2)c1. The van der Waals surface area contributed by atoms with E-state index < -0.39 is 15.9 Å². The number of hydrogen-bond donors (Lipinski definition) is 1. The molecule has 0 atom stereocenters. The van der Waals surface area contributed by atoms with Crippen molar-refractivity contribution >= 4 is 15.9 Å². The highest BCUT2D eigenvalue weighted by Crippen LogP contribution is 2.13. The van der Waals surface area contributed by atoms with Crippen LogP contribution in [0.1, 0.15) is 11.1 Å². The van der Waals surface area contributed by atoms with E-state index >= 15 is 0 Å².